The summed E-state index contributed by atoms with van der Waals surface area (Å²) in [5.41, 5.74) is 2.03. The van der Waals surface area contributed by atoms with Gasteiger partial charge < -0.3 is 10.0 Å². The van der Waals surface area contributed by atoms with Crippen molar-refractivity contribution in [3.63, 3.8) is 0 Å². The summed E-state index contributed by atoms with van der Waals surface area (Å²) in [4.78, 5) is 2.17. The number of hydrogen-bond acceptors (Lipinski definition) is 3. The van der Waals surface area contributed by atoms with Gasteiger partial charge in [-0.15, -0.1) is 11.3 Å². The lowest BCUT2D eigenvalue weighted by atomic mass is 10.1. The minimum Gasteiger partial charge on any atom is -0.388 e. The normalized spacial score (nSPS) is 12.8. The molecule has 20 heavy (non-hydrogen) atoms. The summed E-state index contributed by atoms with van der Waals surface area (Å²) in [6.07, 6.45) is 0.0835. The molecule has 2 rings (SSSR count). The zero-order chi connectivity index (χ0) is 14.5. The molecule has 1 unspecified atom stereocenters. The number of halogens is 2. The van der Waals surface area contributed by atoms with Crippen LogP contribution in [0.3, 0.4) is 0 Å². The van der Waals surface area contributed by atoms with Crippen LogP contribution in [0.5, 0.6) is 0 Å². The monoisotopic (exact) mass is 357 g/mol. The van der Waals surface area contributed by atoms with E-state index in [1.165, 1.54) is 17.7 Å². The fourth-order valence-electron chi connectivity index (χ4n) is 2.01. The summed E-state index contributed by atoms with van der Waals surface area (Å²) >= 11 is 5.12. The molecule has 0 spiro atoms. The van der Waals surface area contributed by atoms with Crippen LogP contribution in [0.1, 0.15) is 23.7 Å². The zero-order valence-corrected chi connectivity index (χ0v) is 13.6. The van der Waals surface area contributed by atoms with Crippen LogP contribution in [0.25, 0.3) is 0 Å². The smallest absolute Gasteiger partial charge is 0.123 e. The Morgan fingerprint density at radius 1 is 1.35 bits per heavy atom. The molecule has 1 aromatic carbocycles. The second-order valence-corrected chi connectivity index (χ2v) is 7.14. The molecule has 1 heterocycles. The third kappa shape index (κ3) is 4.66. The summed E-state index contributed by atoms with van der Waals surface area (Å²) in [6, 6.07) is 8.14. The predicted octanol–water partition coefficient (Wildman–Crippen LogP) is 4.21. The first kappa shape index (κ1) is 15.6. The van der Waals surface area contributed by atoms with Gasteiger partial charge in [0.1, 0.15) is 5.82 Å². The van der Waals surface area contributed by atoms with Crippen LogP contribution < -0.4 is 0 Å². The molecule has 5 heteroatoms. The fourth-order valence-corrected chi connectivity index (χ4v) is 3.21. The summed E-state index contributed by atoms with van der Waals surface area (Å²) in [6.45, 7) is 1.64. The molecule has 1 aromatic heterocycles. The van der Waals surface area contributed by atoms with Crippen LogP contribution in [0.4, 0.5) is 4.39 Å². The van der Waals surface area contributed by atoms with Gasteiger partial charge in [-0.05, 0) is 64.1 Å². The van der Waals surface area contributed by atoms with Crippen molar-refractivity contribution < 1.29 is 9.50 Å². The number of hydrogen-bond donors (Lipinski definition) is 1. The molecule has 0 bridgehead atoms. The van der Waals surface area contributed by atoms with E-state index in [1.807, 2.05) is 7.05 Å². The Morgan fingerprint density at radius 3 is 2.65 bits per heavy atom. The molecule has 108 valence electrons. The van der Waals surface area contributed by atoms with Crippen LogP contribution in [0, 0.1) is 5.82 Å². The van der Waals surface area contributed by atoms with E-state index in [0.717, 1.165) is 22.4 Å². The molecule has 0 aliphatic heterocycles. The van der Waals surface area contributed by atoms with Gasteiger partial charge in [-0.1, -0.05) is 12.1 Å². The van der Waals surface area contributed by atoms with Gasteiger partial charge in [-0.25, -0.2) is 4.39 Å². The van der Waals surface area contributed by atoms with Gasteiger partial charge in [0.15, 0.2) is 0 Å². The van der Waals surface area contributed by atoms with Crippen LogP contribution in [-0.4, -0.2) is 23.6 Å². The van der Waals surface area contributed by atoms with Gasteiger partial charge in [0.2, 0.25) is 0 Å². The second kappa shape index (κ2) is 7.31. The Bertz CT molecular complexity index is 543. The van der Waals surface area contributed by atoms with E-state index in [1.54, 1.807) is 23.5 Å². The average Bonchev–Trinajstić information content (AvgIpc) is 2.82. The van der Waals surface area contributed by atoms with Crippen molar-refractivity contribution in [2.75, 3.05) is 13.6 Å². The zero-order valence-electron chi connectivity index (χ0n) is 11.2. The number of nitrogens with zero attached hydrogens (tertiary/aromatic N) is 1. The van der Waals surface area contributed by atoms with Gasteiger partial charge in [-0.3, -0.25) is 0 Å². The highest BCUT2D eigenvalue weighted by atomic mass is 79.9. The Balaban J connectivity index is 1.80. The average molecular weight is 358 g/mol. The molecule has 2 aromatic rings. The molecular weight excluding hydrogens is 341 g/mol. The quantitative estimate of drug-likeness (QED) is 0.837. The predicted molar refractivity (Wildman–Crippen MR) is 84.3 cm³/mol. The molecule has 1 N–H and O–H groups in total. The maximum absolute atomic E-state index is 12.8. The van der Waals surface area contributed by atoms with Crippen LogP contribution in [0.15, 0.2) is 39.5 Å². The van der Waals surface area contributed by atoms with E-state index in [2.05, 4.69) is 32.3 Å². The number of rotatable bonds is 6. The lowest BCUT2D eigenvalue weighted by Gasteiger charge is -2.18. The molecule has 0 amide bonds. The molecule has 0 saturated heterocycles. The molecule has 2 nitrogen and oxygen atoms in total. The van der Waals surface area contributed by atoms with Gasteiger partial charge in [0, 0.05) is 13.1 Å². The first-order chi connectivity index (χ1) is 9.54. The topological polar surface area (TPSA) is 23.5 Å². The van der Waals surface area contributed by atoms with E-state index < -0.39 is 6.10 Å². The Labute approximate surface area is 131 Å². The van der Waals surface area contributed by atoms with Gasteiger partial charge in [0.25, 0.3) is 0 Å². The minimum absolute atomic E-state index is 0.277. The summed E-state index contributed by atoms with van der Waals surface area (Å²) < 4.78 is 13.9. The first-order valence-corrected chi connectivity index (χ1v) is 8.07. The molecule has 0 aliphatic rings. The van der Waals surface area contributed by atoms with E-state index in [-0.39, 0.29) is 5.82 Å². The fraction of sp³-hybridized carbons (Fsp3) is 0.333. The molecule has 0 aliphatic carbocycles. The summed E-state index contributed by atoms with van der Waals surface area (Å²) in [5, 5.41) is 12.2. The van der Waals surface area contributed by atoms with Crippen molar-refractivity contribution in [3.05, 3.63) is 56.4 Å². The third-order valence-electron chi connectivity index (χ3n) is 3.11. The minimum atomic E-state index is -0.549. The van der Waals surface area contributed by atoms with Crippen molar-refractivity contribution in [2.45, 2.75) is 19.1 Å². The highest BCUT2D eigenvalue weighted by molar-refractivity contribution is 9.11. The maximum atomic E-state index is 12.8. The standard InChI is InChI=1S/C15H17BrFNOS/c1-18(9-11-8-15(16)20-10-11)7-6-14(19)12-2-4-13(17)5-3-12/h2-5,8,10,14,19H,6-7,9H2,1H3. The number of aliphatic hydroxyl groups excluding tert-OH is 1. The largest absolute Gasteiger partial charge is 0.388 e. The van der Waals surface area contributed by atoms with Gasteiger partial charge in [-0.2, -0.15) is 0 Å². The van der Waals surface area contributed by atoms with Crippen molar-refractivity contribution in [1.29, 1.82) is 0 Å². The number of benzene rings is 1. The van der Waals surface area contributed by atoms with E-state index >= 15 is 0 Å². The van der Waals surface area contributed by atoms with E-state index in [4.69, 9.17) is 0 Å². The SMILES string of the molecule is CN(CCC(O)c1ccc(F)cc1)Cc1csc(Br)c1. The first-order valence-electron chi connectivity index (χ1n) is 6.39. The highest BCUT2D eigenvalue weighted by Crippen LogP contribution is 2.22. The van der Waals surface area contributed by atoms with Crippen LogP contribution >= 0.6 is 27.3 Å². The Kier molecular flexibility index (Phi) is 5.72. The third-order valence-corrected chi connectivity index (χ3v) is 4.67. The van der Waals surface area contributed by atoms with Crippen molar-refractivity contribution in [2.24, 2.45) is 0 Å². The summed E-state index contributed by atoms with van der Waals surface area (Å²) in [7, 11) is 2.03. The van der Waals surface area contributed by atoms with Crippen LogP contribution in [-0.2, 0) is 6.54 Å². The van der Waals surface area contributed by atoms with Crippen LogP contribution in [0.2, 0.25) is 0 Å². The highest BCUT2D eigenvalue weighted by Gasteiger charge is 2.10. The van der Waals surface area contributed by atoms with Crippen molar-refractivity contribution in [1.82, 2.24) is 4.90 Å². The van der Waals surface area contributed by atoms with E-state index in [0.29, 0.717) is 6.42 Å². The number of thiophene rings is 1. The summed E-state index contributed by atoms with van der Waals surface area (Å²) in [5.74, 6) is -0.277. The maximum Gasteiger partial charge on any atom is 0.123 e. The lowest BCUT2D eigenvalue weighted by molar-refractivity contribution is 0.147. The van der Waals surface area contributed by atoms with E-state index in [9.17, 15) is 9.50 Å². The van der Waals surface area contributed by atoms with Crippen molar-refractivity contribution in [3.8, 4) is 0 Å². The molecule has 0 fully saturated rings. The Hall–Kier alpha value is -0.750. The Morgan fingerprint density at radius 2 is 2.05 bits per heavy atom. The second-order valence-electron chi connectivity index (χ2n) is 4.85. The number of aliphatic hydroxyl groups is 1. The van der Waals surface area contributed by atoms with Gasteiger partial charge >= 0.3 is 0 Å². The van der Waals surface area contributed by atoms with Crippen molar-refractivity contribution >= 4 is 27.3 Å². The molecule has 0 saturated carbocycles. The lowest BCUT2D eigenvalue weighted by Crippen LogP contribution is -2.20. The molecule has 1 atom stereocenters. The molecule has 0 radical (unpaired) electrons. The molecular formula is C15H17BrFNOS. The van der Waals surface area contributed by atoms with Gasteiger partial charge in [0.05, 0.1) is 9.89 Å².